The highest BCUT2D eigenvalue weighted by Gasteiger charge is 2.17. The highest BCUT2D eigenvalue weighted by Crippen LogP contribution is 2.12. The summed E-state index contributed by atoms with van der Waals surface area (Å²) in [6.45, 7) is 6.21. The number of hydrogen-bond donors (Lipinski definition) is 1. The van der Waals surface area contributed by atoms with Crippen molar-refractivity contribution in [1.82, 2.24) is 10.2 Å². The van der Waals surface area contributed by atoms with Crippen LogP contribution in [0.5, 0.6) is 0 Å². The van der Waals surface area contributed by atoms with Gasteiger partial charge in [0, 0.05) is 12.6 Å². The van der Waals surface area contributed by atoms with Crippen molar-refractivity contribution in [2.45, 2.75) is 77.2 Å². The van der Waals surface area contributed by atoms with Gasteiger partial charge in [-0.2, -0.15) is 0 Å². The van der Waals surface area contributed by atoms with Crippen LogP contribution < -0.4 is 5.32 Å². The molecule has 0 spiro atoms. The Labute approximate surface area is 115 Å². The monoisotopic (exact) mass is 254 g/mol. The largest absolute Gasteiger partial charge is 0.316 e. The van der Waals surface area contributed by atoms with Crippen molar-refractivity contribution < 1.29 is 0 Å². The zero-order valence-corrected chi connectivity index (χ0v) is 12.7. The van der Waals surface area contributed by atoms with Crippen molar-refractivity contribution in [1.29, 1.82) is 0 Å². The summed E-state index contributed by atoms with van der Waals surface area (Å²) in [7, 11) is 2.10. The lowest BCUT2D eigenvalue weighted by Crippen LogP contribution is -2.44. The summed E-state index contributed by atoms with van der Waals surface area (Å²) in [5.74, 6) is 0. The molecule has 2 nitrogen and oxygen atoms in total. The highest BCUT2D eigenvalue weighted by molar-refractivity contribution is 4.76. The maximum atomic E-state index is 3.42. The molecular formula is C16H34N2. The van der Waals surface area contributed by atoms with Crippen LogP contribution in [-0.2, 0) is 0 Å². The molecule has 18 heavy (non-hydrogen) atoms. The number of nitrogens with one attached hydrogen (secondary N) is 1. The normalized spacial score (nSPS) is 21.3. The summed E-state index contributed by atoms with van der Waals surface area (Å²) in [5, 5.41) is 3.42. The molecule has 1 unspecified atom stereocenters. The van der Waals surface area contributed by atoms with Gasteiger partial charge in [-0.05, 0) is 39.4 Å². The number of unbranched alkanes of at least 4 members (excludes halogenated alkanes) is 7. The molecule has 0 bridgehead atoms. The topological polar surface area (TPSA) is 15.3 Å². The van der Waals surface area contributed by atoms with Crippen LogP contribution in [0.4, 0.5) is 0 Å². The van der Waals surface area contributed by atoms with E-state index in [1.807, 2.05) is 0 Å². The Kier molecular flexibility index (Phi) is 9.59. The van der Waals surface area contributed by atoms with Gasteiger partial charge < -0.3 is 10.2 Å². The minimum atomic E-state index is 0.743. The molecule has 1 saturated heterocycles. The summed E-state index contributed by atoms with van der Waals surface area (Å²) < 4.78 is 0. The molecule has 1 fully saturated rings. The molecule has 1 atom stereocenters. The summed E-state index contributed by atoms with van der Waals surface area (Å²) >= 11 is 0. The highest BCUT2D eigenvalue weighted by atomic mass is 15.2. The van der Waals surface area contributed by atoms with Gasteiger partial charge in [-0.3, -0.25) is 0 Å². The van der Waals surface area contributed by atoms with E-state index < -0.39 is 0 Å². The van der Waals surface area contributed by atoms with Crippen LogP contribution in [0, 0.1) is 0 Å². The van der Waals surface area contributed by atoms with Crippen molar-refractivity contribution >= 4 is 0 Å². The van der Waals surface area contributed by atoms with Gasteiger partial charge in [0.2, 0.25) is 0 Å². The van der Waals surface area contributed by atoms with Crippen LogP contribution in [0.25, 0.3) is 0 Å². The van der Waals surface area contributed by atoms with Crippen LogP contribution in [-0.4, -0.2) is 37.6 Å². The first-order valence-electron chi connectivity index (χ1n) is 8.26. The van der Waals surface area contributed by atoms with Crippen molar-refractivity contribution in [3.05, 3.63) is 0 Å². The molecule has 0 radical (unpaired) electrons. The fraction of sp³-hybridized carbons (Fsp3) is 1.00. The van der Waals surface area contributed by atoms with Crippen molar-refractivity contribution in [3.8, 4) is 0 Å². The molecule has 0 aromatic heterocycles. The van der Waals surface area contributed by atoms with Gasteiger partial charge in [0.1, 0.15) is 0 Å². The van der Waals surface area contributed by atoms with E-state index >= 15 is 0 Å². The van der Waals surface area contributed by atoms with E-state index in [1.165, 1.54) is 83.8 Å². The van der Waals surface area contributed by atoms with E-state index in [4.69, 9.17) is 0 Å². The molecule has 108 valence electrons. The zero-order valence-electron chi connectivity index (χ0n) is 12.7. The quantitative estimate of drug-likeness (QED) is 0.596. The molecular weight excluding hydrogens is 220 g/mol. The fourth-order valence-electron chi connectivity index (χ4n) is 2.96. The third-order valence-corrected chi connectivity index (χ3v) is 4.24. The fourth-order valence-corrected chi connectivity index (χ4v) is 2.96. The maximum Gasteiger partial charge on any atom is 0.0192 e. The Morgan fingerprint density at radius 1 is 1.00 bits per heavy atom. The lowest BCUT2D eigenvalue weighted by Gasteiger charge is -2.32. The standard InChI is InChI=1S/C16H34N2/c1-3-4-5-6-7-8-9-10-13-18-14-11-12-16(15-18)17-2/h16-17H,3-15H2,1-2H3. The molecule has 1 aliphatic rings. The van der Waals surface area contributed by atoms with E-state index in [0.29, 0.717) is 0 Å². The molecule has 1 heterocycles. The summed E-state index contributed by atoms with van der Waals surface area (Å²) in [6, 6.07) is 0.743. The van der Waals surface area contributed by atoms with E-state index in [0.717, 1.165) is 6.04 Å². The van der Waals surface area contributed by atoms with Crippen molar-refractivity contribution in [3.63, 3.8) is 0 Å². The van der Waals surface area contributed by atoms with Gasteiger partial charge in [-0.1, -0.05) is 51.9 Å². The Bertz CT molecular complexity index is 182. The Hall–Kier alpha value is -0.0800. The Balaban J connectivity index is 1.88. The minimum absolute atomic E-state index is 0.743. The Morgan fingerprint density at radius 2 is 1.67 bits per heavy atom. The molecule has 0 aromatic rings. The SMILES string of the molecule is CCCCCCCCCCN1CCCC(NC)C1. The maximum absolute atomic E-state index is 3.42. The average molecular weight is 254 g/mol. The molecule has 0 amide bonds. The number of hydrogen-bond acceptors (Lipinski definition) is 2. The third kappa shape index (κ3) is 7.38. The zero-order chi connectivity index (χ0) is 13.1. The van der Waals surface area contributed by atoms with Crippen LogP contribution >= 0.6 is 0 Å². The third-order valence-electron chi connectivity index (χ3n) is 4.24. The van der Waals surface area contributed by atoms with Crippen LogP contribution in [0.15, 0.2) is 0 Å². The summed E-state index contributed by atoms with van der Waals surface area (Å²) in [5.41, 5.74) is 0. The van der Waals surface area contributed by atoms with E-state index in [2.05, 4.69) is 24.2 Å². The van der Waals surface area contributed by atoms with Crippen molar-refractivity contribution in [2.24, 2.45) is 0 Å². The Morgan fingerprint density at radius 3 is 2.33 bits per heavy atom. The predicted molar refractivity (Wildman–Crippen MR) is 81.1 cm³/mol. The molecule has 0 saturated carbocycles. The van der Waals surface area contributed by atoms with E-state index in [-0.39, 0.29) is 0 Å². The summed E-state index contributed by atoms with van der Waals surface area (Å²) in [6.07, 6.45) is 14.2. The number of nitrogens with zero attached hydrogens (tertiary/aromatic N) is 1. The number of likely N-dealkylation sites (N-methyl/N-ethyl adjacent to an activating group) is 1. The van der Waals surface area contributed by atoms with E-state index in [9.17, 15) is 0 Å². The second-order valence-electron chi connectivity index (χ2n) is 5.90. The van der Waals surface area contributed by atoms with Crippen molar-refractivity contribution in [2.75, 3.05) is 26.7 Å². The first kappa shape index (κ1) is 16.0. The first-order chi connectivity index (χ1) is 8.86. The second kappa shape index (κ2) is 10.8. The number of likely N-dealkylation sites (tertiary alicyclic amines) is 1. The van der Waals surface area contributed by atoms with Gasteiger partial charge in [-0.15, -0.1) is 0 Å². The lowest BCUT2D eigenvalue weighted by atomic mass is 10.0. The van der Waals surface area contributed by atoms with Gasteiger partial charge in [0.25, 0.3) is 0 Å². The number of rotatable bonds is 10. The lowest BCUT2D eigenvalue weighted by molar-refractivity contribution is 0.192. The smallest absolute Gasteiger partial charge is 0.0192 e. The number of piperidine rings is 1. The molecule has 1 aliphatic heterocycles. The first-order valence-corrected chi connectivity index (χ1v) is 8.26. The molecule has 1 N–H and O–H groups in total. The average Bonchev–Trinajstić information content (AvgIpc) is 2.42. The second-order valence-corrected chi connectivity index (χ2v) is 5.90. The van der Waals surface area contributed by atoms with Gasteiger partial charge >= 0.3 is 0 Å². The molecule has 0 aromatic carbocycles. The molecule has 2 heteroatoms. The van der Waals surface area contributed by atoms with Gasteiger partial charge in [0.15, 0.2) is 0 Å². The van der Waals surface area contributed by atoms with Gasteiger partial charge in [-0.25, -0.2) is 0 Å². The van der Waals surface area contributed by atoms with Gasteiger partial charge in [0.05, 0.1) is 0 Å². The molecule has 1 rings (SSSR count). The molecule has 0 aliphatic carbocycles. The van der Waals surface area contributed by atoms with E-state index in [1.54, 1.807) is 0 Å². The predicted octanol–water partition coefficient (Wildman–Crippen LogP) is 3.81. The summed E-state index contributed by atoms with van der Waals surface area (Å²) in [4.78, 5) is 2.65. The van der Waals surface area contributed by atoms with Crippen LogP contribution in [0.2, 0.25) is 0 Å². The van der Waals surface area contributed by atoms with Crippen LogP contribution in [0.1, 0.15) is 71.1 Å². The van der Waals surface area contributed by atoms with Crippen LogP contribution in [0.3, 0.4) is 0 Å². The minimum Gasteiger partial charge on any atom is -0.316 e.